The first-order chi connectivity index (χ1) is 8.28. The number of amides is 1. The molecule has 0 saturated heterocycles. The number of carbonyl (C=O) groups excluding carboxylic acids is 1. The molecule has 1 rings (SSSR count). The molecule has 0 saturated carbocycles. The van der Waals surface area contributed by atoms with Gasteiger partial charge in [0.2, 0.25) is 0 Å². The third-order valence-electron chi connectivity index (χ3n) is 1.76. The van der Waals surface area contributed by atoms with Crippen LogP contribution in [-0.4, -0.2) is 29.1 Å². The van der Waals surface area contributed by atoms with Gasteiger partial charge in [-0.05, 0) is 32.9 Å². The van der Waals surface area contributed by atoms with Crippen LogP contribution in [0, 0.1) is 0 Å². The van der Waals surface area contributed by atoms with Gasteiger partial charge in [-0.3, -0.25) is 5.32 Å². The monoisotopic (exact) mass is 253 g/mol. The Morgan fingerprint density at radius 1 is 1.28 bits per heavy atom. The summed E-state index contributed by atoms with van der Waals surface area (Å²) in [4.78, 5) is 11.6. The van der Waals surface area contributed by atoms with E-state index in [4.69, 9.17) is 19.4 Å². The van der Waals surface area contributed by atoms with E-state index in [1.807, 2.05) is 0 Å². The number of para-hydroxylation sites is 2. The van der Waals surface area contributed by atoms with Crippen molar-refractivity contribution >= 4 is 19.1 Å². The van der Waals surface area contributed by atoms with Gasteiger partial charge < -0.3 is 19.4 Å². The molecule has 0 fully saturated rings. The minimum Gasteiger partial charge on any atom is -0.510 e. The summed E-state index contributed by atoms with van der Waals surface area (Å²) in [5.41, 5.74) is -0.323. The van der Waals surface area contributed by atoms with Gasteiger partial charge in [-0.25, -0.2) is 4.79 Å². The molecule has 0 aliphatic heterocycles. The Morgan fingerprint density at radius 2 is 1.89 bits per heavy atom. The second kappa shape index (κ2) is 5.75. The molecule has 3 N–H and O–H groups in total. The summed E-state index contributed by atoms with van der Waals surface area (Å²) in [5, 5.41) is 19.9. The van der Waals surface area contributed by atoms with Crippen LogP contribution in [0.1, 0.15) is 20.8 Å². The average molecular weight is 253 g/mol. The van der Waals surface area contributed by atoms with Crippen molar-refractivity contribution in [1.29, 1.82) is 0 Å². The predicted octanol–water partition coefficient (Wildman–Crippen LogP) is 1.38. The van der Waals surface area contributed by atoms with E-state index in [0.29, 0.717) is 5.69 Å². The highest BCUT2D eigenvalue weighted by molar-refractivity contribution is 6.34. The summed E-state index contributed by atoms with van der Waals surface area (Å²) in [6.07, 6.45) is -0.647. The van der Waals surface area contributed by atoms with Crippen LogP contribution in [0.4, 0.5) is 10.5 Å². The van der Waals surface area contributed by atoms with Crippen LogP contribution in [0.3, 0.4) is 0 Å². The van der Waals surface area contributed by atoms with Gasteiger partial charge in [0.25, 0.3) is 0 Å². The zero-order chi connectivity index (χ0) is 13.8. The molecule has 18 heavy (non-hydrogen) atoms. The molecule has 1 amide bonds. The molecule has 0 aliphatic rings. The number of hydrogen-bond donors (Lipinski definition) is 3. The Balaban J connectivity index is 2.75. The molecule has 6 nitrogen and oxygen atoms in total. The number of ether oxygens (including phenoxy) is 1. The molecule has 1 aromatic rings. The van der Waals surface area contributed by atoms with E-state index in [9.17, 15) is 4.79 Å². The lowest BCUT2D eigenvalue weighted by molar-refractivity contribution is 0.0635. The quantitative estimate of drug-likeness (QED) is 0.708. The molecule has 0 radical (unpaired) electrons. The number of anilines is 1. The third-order valence-corrected chi connectivity index (χ3v) is 1.76. The fraction of sp³-hybridized carbons (Fsp3) is 0.364. The van der Waals surface area contributed by atoms with Gasteiger partial charge in [0.15, 0.2) is 0 Å². The minimum absolute atomic E-state index is 0.137. The highest BCUT2D eigenvalue weighted by atomic mass is 16.6. The number of rotatable bonds is 3. The summed E-state index contributed by atoms with van der Waals surface area (Å²) < 4.78 is 9.79. The summed E-state index contributed by atoms with van der Waals surface area (Å²) in [5.74, 6) is 0.137. The van der Waals surface area contributed by atoms with E-state index in [1.54, 1.807) is 39.0 Å². The second-order valence-corrected chi connectivity index (χ2v) is 4.57. The first-order valence-electron chi connectivity index (χ1n) is 5.40. The SMILES string of the molecule is CC(C)(C)OC(=O)Nc1ccccc1OB(O)O. The maximum Gasteiger partial charge on any atom is 0.707 e. The van der Waals surface area contributed by atoms with Crippen LogP contribution in [0.5, 0.6) is 5.75 Å². The molecular formula is C11H16BNO5. The van der Waals surface area contributed by atoms with Crippen LogP contribution in [0.15, 0.2) is 24.3 Å². The van der Waals surface area contributed by atoms with E-state index in [0.717, 1.165) is 0 Å². The highest BCUT2D eigenvalue weighted by Gasteiger charge is 2.19. The molecule has 0 aliphatic carbocycles. The number of nitrogens with one attached hydrogen (secondary N) is 1. The molecule has 0 aromatic heterocycles. The van der Waals surface area contributed by atoms with Crippen molar-refractivity contribution in [2.24, 2.45) is 0 Å². The van der Waals surface area contributed by atoms with Crippen molar-refractivity contribution in [2.75, 3.05) is 5.32 Å². The molecule has 7 heteroatoms. The van der Waals surface area contributed by atoms with Crippen molar-refractivity contribution in [3.63, 3.8) is 0 Å². The Hall–Kier alpha value is -1.73. The van der Waals surface area contributed by atoms with Crippen molar-refractivity contribution in [3.8, 4) is 5.75 Å². The van der Waals surface area contributed by atoms with Crippen LogP contribution in [0.2, 0.25) is 0 Å². The zero-order valence-electron chi connectivity index (χ0n) is 10.5. The van der Waals surface area contributed by atoms with E-state index in [2.05, 4.69) is 5.32 Å². The predicted molar refractivity (Wildman–Crippen MR) is 67.1 cm³/mol. The van der Waals surface area contributed by atoms with Gasteiger partial charge in [0.1, 0.15) is 11.4 Å². The highest BCUT2D eigenvalue weighted by Crippen LogP contribution is 2.24. The fourth-order valence-corrected chi connectivity index (χ4v) is 1.20. The maximum atomic E-state index is 11.6. The van der Waals surface area contributed by atoms with Gasteiger partial charge >= 0.3 is 13.4 Å². The van der Waals surface area contributed by atoms with E-state index in [-0.39, 0.29) is 5.75 Å². The van der Waals surface area contributed by atoms with Crippen LogP contribution < -0.4 is 9.97 Å². The van der Waals surface area contributed by atoms with Crippen LogP contribution in [-0.2, 0) is 4.74 Å². The van der Waals surface area contributed by atoms with Crippen molar-refractivity contribution < 1.29 is 24.2 Å². The largest absolute Gasteiger partial charge is 0.707 e. The normalized spacial score (nSPS) is 10.7. The molecular weight excluding hydrogens is 237 g/mol. The second-order valence-electron chi connectivity index (χ2n) is 4.57. The molecule has 0 spiro atoms. The standard InChI is InChI=1S/C11H16BNO5/c1-11(2,3)17-10(14)13-8-6-4-5-7-9(8)18-12(15)16/h4-7,15-16H,1-3H3,(H,13,14). The summed E-state index contributed by atoms with van der Waals surface area (Å²) in [6.45, 7) is 5.23. The molecule has 0 heterocycles. The number of benzene rings is 1. The molecule has 1 aromatic carbocycles. The molecule has 0 unspecified atom stereocenters. The van der Waals surface area contributed by atoms with Crippen LogP contribution in [0.25, 0.3) is 0 Å². The summed E-state index contributed by atoms with van der Waals surface area (Å²) >= 11 is 0. The smallest absolute Gasteiger partial charge is 0.510 e. The van der Waals surface area contributed by atoms with Crippen molar-refractivity contribution in [1.82, 2.24) is 0 Å². The molecule has 0 atom stereocenters. The minimum atomic E-state index is -1.95. The zero-order valence-corrected chi connectivity index (χ0v) is 10.5. The van der Waals surface area contributed by atoms with Gasteiger partial charge in [-0.2, -0.15) is 0 Å². The van der Waals surface area contributed by atoms with Crippen LogP contribution >= 0.6 is 0 Å². The maximum absolute atomic E-state index is 11.6. The first-order valence-corrected chi connectivity index (χ1v) is 5.40. The summed E-state index contributed by atoms with van der Waals surface area (Å²) in [6, 6.07) is 6.36. The Labute approximate surface area is 106 Å². The lowest BCUT2D eigenvalue weighted by Gasteiger charge is -2.20. The van der Waals surface area contributed by atoms with E-state index in [1.165, 1.54) is 6.07 Å². The summed E-state index contributed by atoms with van der Waals surface area (Å²) in [7, 11) is -1.95. The fourth-order valence-electron chi connectivity index (χ4n) is 1.20. The van der Waals surface area contributed by atoms with Gasteiger partial charge in [-0.15, -0.1) is 0 Å². The third kappa shape index (κ3) is 5.07. The average Bonchev–Trinajstić information content (AvgIpc) is 2.17. The van der Waals surface area contributed by atoms with Gasteiger partial charge in [-0.1, -0.05) is 12.1 Å². The van der Waals surface area contributed by atoms with Gasteiger partial charge in [0.05, 0.1) is 5.69 Å². The molecule has 0 bridgehead atoms. The Bertz CT molecular complexity index is 416. The lowest BCUT2D eigenvalue weighted by atomic mass is 10.2. The van der Waals surface area contributed by atoms with E-state index < -0.39 is 19.0 Å². The number of carbonyl (C=O) groups is 1. The Kier molecular flexibility index (Phi) is 4.58. The Morgan fingerprint density at radius 3 is 2.44 bits per heavy atom. The first kappa shape index (κ1) is 14.3. The van der Waals surface area contributed by atoms with Crippen molar-refractivity contribution in [2.45, 2.75) is 26.4 Å². The van der Waals surface area contributed by atoms with E-state index >= 15 is 0 Å². The number of hydrogen-bond acceptors (Lipinski definition) is 5. The lowest BCUT2D eigenvalue weighted by Crippen LogP contribution is -2.28. The topological polar surface area (TPSA) is 88.0 Å². The van der Waals surface area contributed by atoms with Gasteiger partial charge in [0, 0.05) is 0 Å². The van der Waals surface area contributed by atoms with Crippen molar-refractivity contribution in [3.05, 3.63) is 24.3 Å². The molecule has 98 valence electrons.